The zero-order chi connectivity index (χ0) is 26.5. The van der Waals surface area contributed by atoms with Crippen molar-refractivity contribution in [3.8, 4) is 5.69 Å². The van der Waals surface area contributed by atoms with Gasteiger partial charge < -0.3 is 13.9 Å². The molecule has 3 nitrogen and oxygen atoms in total. The van der Waals surface area contributed by atoms with Crippen LogP contribution in [0.25, 0.3) is 58.4 Å². The van der Waals surface area contributed by atoms with Crippen molar-refractivity contribution in [1.29, 1.82) is 0 Å². The van der Waals surface area contributed by atoms with Crippen LogP contribution in [0.4, 0.5) is 0 Å². The van der Waals surface area contributed by atoms with Crippen molar-refractivity contribution in [1.82, 2.24) is 4.57 Å². The number of rotatable bonds is 2. The minimum absolute atomic E-state index is 0.408. The summed E-state index contributed by atoms with van der Waals surface area (Å²) in [6.45, 7) is 8.50. The first kappa shape index (κ1) is 23.3. The van der Waals surface area contributed by atoms with E-state index in [4.69, 9.17) is 9.31 Å². The lowest BCUT2D eigenvalue weighted by Gasteiger charge is -2.32. The molecule has 0 atom stereocenters. The van der Waals surface area contributed by atoms with Gasteiger partial charge in [-0.1, -0.05) is 72.8 Å². The van der Waals surface area contributed by atoms with Crippen molar-refractivity contribution in [2.24, 2.45) is 0 Å². The first-order valence-electron chi connectivity index (χ1n) is 13.5. The van der Waals surface area contributed by atoms with Crippen molar-refractivity contribution in [3.63, 3.8) is 0 Å². The van der Waals surface area contributed by atoms with E-state index in [0.717, 1.165) is 5.46 Å². The molecule has 5 heteroatoms. The number of nitrogens with zero attached hydrogens (tertiary/aromatic N) is 1. The molecule has 190 valence electrons. The van der Waals surface area contributed by atoms with E-state index >= 15 is 0 Å². The van der Waals surface area contributed by atoms with Crippen LogP contribution in [-0.4, -0.2) is 22.9 Å². The number of hydrogen-bond donors (Lipinski definition) is 0. The maximum atomic E-state index is 6.63. The highest BCUT2D eigenvalue weighted by molar-refractivity contribution is 7.27. The molecule has 1 aliphatic rings. The normalized spacial score (nSPS) is 16.9. The van der Waals surface area contributed by atoms with E-state index in [9.17, 15) is 0 Å². The van der Waals surface area contributed by atoms with Gasteiger partial charge in [-0.05, 0) is 62.7 Å². The van der Waals surface area contributed by atoms with Gasteiger partial charge in [-0.2, -0.15) is 0 Å². The lowest BCUT2D eigenvalue weighted by molar-refractivity contribution is 0.00578. The highest BCUT2D eigenvalue weighted by atomic mass is 32.1. The number of hydrogen-bond acceptors (Lipinski definition) is 3. The van der Waals surface area contributed by atoms with Crippen LogP contribution in [-0.2, 0) is 9.31 Å². The van der Waals surface area contributed by atoms with Crippen molar-refractivity contribution in [2.75, 3.05) is 0 Å². The van der Waals surface area contributed by atoms with E-state index in [0.29, 0.717) is 0 Å². The summed E-state index contributed by atoms with van der Waals surface area (Å²) in [5.74, 6) is 0. The number of benzene rings is 5. The third-order valence-electron chi connectivity index (χ3n) is 8.81. The molecule has 1 aliphatic heterocycles. The molecule has 3 heterocycles. The molecule has 0 spiro atoms. The second kappa shape index (κ2) is 7.95. The van der Waals surface area contributed by atoms with Crippen molar-refractivity contribution >= 4 is 76.7 Å². The molecule has 1 fully saturated rings. The molecule has 0 radical (unpaired) electrons. The van der Waals surface area contributed by atoms with Crippen molar-refractivity contribution in [3.05, 3.63) is 97.1 Å². The molecule has 0 unspecified atom stereocenters. The Balaban J connectivity index is 1.54. The zero-order valence-corrected chi connectivity index (χ0v) is 23.3. The summed E-state index contributed by atoms with van der Waals surface area (Å²) in [6, 6.07) is 35.2. The third-order valence-corrected chi connectivity index (χ3v) is 10.0. The Bertz CT molecular complexity index is 2090. The first-order chi connectivity index (χ1) is 18.8. The Hall–Kier alpha value is -3.64. The second-order valence-corrected chi connectivity index (χ2v) is 12.7. The molecule has 8 rings (SSSR count). The average molecular weight is 525 g/mol. The summed E-state index contributed by atoms with van der Waals surface area (Å²) in [4.78, 5) is 0. The summed E-state index contributed by atoms with van der Waals surface area (Å²) in [5.41, 5.74) is 3.90. The summed E-state index contributed by atoms with van der Waals surface area (Å²) < 4.78 is 18.2. The van der Waals surface area contributed by atoms with Gasteiger partial charge >= 0.3 is 7.12 Å². The fourth-order valence-electron chi connectivity index (χ4n) is 6.09. The molecular formula is C34H28BNO2S. The van der Waals surface area contributed by atoms with Crippen LogP contribution in [0.1, 0.15) is 27.7 Å². The van der Waals surface area contributed by atoms with Gasteiger partial charge in [0.05, 0.1) is 22.2 Å². The Kier molecular flexibility index (Phi) is 4.74. The molecule has 39 heavy (non-hydrogen) atoms. The predicted molar refractivity (Wildman–Crippen MR) is 167 cm³/mol. The molecule has 0 saturated carbocycles. The van der Waals surface area contributed by atoms with E-state index in [1.54, 1.807) is 0 Å². The topological polar surface area (TPSA) is 23.4 Å². The predicted octanol–water partition coefficient (Wildman–Crippen LogP) is 8.60. The lowest BCUT2D eigenvalue weighted by Crippen LogP contribution is -2.41. The summed E-state index contributed by atoms with van der Waals surface area (Å²) in [6.07, 6.45) is 0. The number of aromatic nitrogens is 1. The second-order valence-electron chi connectivity index (χ2n) is 11.6. The van der Waals surface area contributed by atoms with Gasteiger partial charge in [0.2, 0.25) is 0 Å². The fourth-order valence-corrected chi connectivity index (χ4v) is 7.32. The van der Waals surface area contributed by atoms with Crippen LogP contribution in [0.5, 0.6) is 0 Å². The quantitative estimate of drug-likeness (QED) is 0.211. The standard InChI is InChI=1S/C34H28BNO2S/c1-33(2)34(3,4)38-35(37-33)27-20-26-24-13-7-9-15-28(24)36(23-18-17-21-11-5-6-12-22(21)19-23)31(26)30-25-14-8-10-16-29(25)39-32(27)30/h5-20H,1-4H3. The van der Waals surface area contributed by atoms with Gasteiger partial charge in [-0.3, -0.25) is 0 Å². The summed E-state index contributed by atoms with van der Waals surface area (Å²) in [7, 11) is -0.433. The maximum Gasteiger partial charge on any atom is 0.496 e. The van der Waals surface area contributed by atoms with Gasteiger partial charge in [-0.15, -0.1) is 11.3 Å². The first-order valence-corrected chi connectivity index (χ1v) is 14.4. The van der Waals surface area contributed by atoms with Gasteiger partial charge in [0.15, 0.2) is 0 Å². The van der Waals surface area contributed by atoms with E-state index in [2.05, 4.69) is 129 Å². The van der Waals surface area contributed by atoms with Crippen molar-refractivity contribution in [2.45, 2.75) is 38.9 Å². The van der Waals surface area contributed by atoms with Gasteiger partial charge in [-0.25, -0.2) is 0 Å². The molecule has 0 N–H and O–H groups in total. The van der Waals surface area contributed by atoms with E-state index in [-0.39, 0.29) is 0 Å². The van der Waals surface area contributed by atoms with Crippen LogP contribution in [0, 0.1) is 0 Å². The molecule has 0 aliphatic carbocycles. The zero-order valence-electron chi connectivity index (χ0n) is 22.5. The average Bonchev–Trinajstić information content (AvgIpc) is 3.54. The highest BCUT2D eigenvalue weighted by Crippen LogP contribution is 2.44. The minimum atomic E-state index is -0.433. The monoisotopic (exact) mass is 525 g/mol. The van der Waals surface area contributed by atoms with E-state index < -0.39 is 18.3 Å². The molecular weight excluding hydrogens is 497 g/mol. The van der Waals surface area contributed by atoms with E-state index in [1.165, 1.54) is 58.4 Å². The smallest absolute Gasteiger partial charge is 0.399 e. The van der Waals surface area contributed by atoms with Gasteiger partial charge in [0.25, 0.3) is 0 Å². The van der Waals surface area contributed by atoms with Crippen LogP contribution in [0.15, 0.2) is 97.1 Å². The Morgan fingerprint density at radius 2 is 1.33 bits per heavy atom. The lowest BCUT2D eigenvalue weighted by atomic mass is 9.77. The minimum Gasteiger partial charge on any atom is -0.399 e. The maximum absolute atomic E-state index is 6.63. The summed E-state index contributed by atoms with van der Waals surface area (Å²) >= 11 is 1.83. The number of fused-ring (bicyclic) bond motifs is 8. The fraction of sp³-hybridized carbons (Fsp3) is 0.176. The highest BCUT2D eigenvalue weighted by Gasteiger charge is 2.52. The molecule has 5 aromatic carbocycles. The van der Waals surface area contributed by atoms with E-state index in [1.807, 2.05) is 11.3 Å². The Morgan fingerprint density at radius 1 is 0.667 bits per heavy atom. The van der Waals surface area contributed by atoms with Crippen molar-refractivity contribution < 1.29 is 9.31 Å². The molecule has 0 amide bonds. The van der Waals surface area contributed by atoms with Crippen LogP contribution >= 0.6 is 11.3 Å². The molecule has 0 bridgehead atoms. The SMILES string of the molecule is CC1(C)OB(c2cc3c4ccccc4n(-c4ccc5ccccc5c4)c3c3c2sc2ccccc23)OC1(C)C. The van der Waals surface area contributed by atoms with Gasteiger partial charge in [0, 0.05) is 42.1 Å². The largest absolute Gasteiger partial charge is 0.496 e. The third kappa shape index (κ3) is 3.24. The van der Waals surface area contributed by atoms with Crippen LogP contribution in [0.3, 0.4) is 0 Å². The molecule has 2 aromatic heterocycles. The molecule has 7 aromatic rings. The van der Waals surface area contributed by atoms with Gasteiger partial charge in [0.1, 0.15) is 0 Å². The Morgan fingerprint density at radius 3 is 2.13 bits per heavy atom. The summed E-state index contributed by atoms with van der Waals surface area (Å²) in [5, 5.41) is 7.47. The molecule has 1 saturated heterocycles. The van der Waals surface area contributed by atoms with Crippen LogP contribution < -0.4 is 5.46 Å². The number of para-hydroxylation sites is 1. The number of thiophene rings is 1. The Labute approximate surface area is 231 Å². The van der Waals surface area contributed by atoms with Crippen LogP contribution in [0.2, 0.25) is 0 Å².